The second-order valence-electron chi connectivity index (χ2n) is 7.01. The molecule has 4 rings (SSSR count). The number of nitrogens with one attached hydrogen (secondary N) is 1. The van der Waals surface area contributed by atoms with E-state index in [0.717, 1.165) is 63.0 Å². The minimum atomic E-state index is 0.148. The maximum atomic E-state index is 12.5. The summed E-state index contributed by atoms with van der Waals surface area (Å²) in [5.74, 6) is 3.38. The van der Waals surface area contributed by atoms with E-state index in [0.29, 0.717) is 24.0 Å². The van der Waals surface area contributed by atoms with Gasteiger partial charge < -0.3 is 19.5 Å². The molecule has 1 aromatic carbocycles. The number of hydrogen-bond acceptors (Lipinski definition) is 5. The number of carbonyl (C=O) groups excluding carboxylic acids is 1. The molecule has 7 nitrogen and oxygen atoms in total. The van der Waals surface area contributed by atoms with Crippen LogP contribution in [0, 0.1) is 0 Å². The van der Waals surface area contributed by atoms with Crippen molar-refractivity contribution in [2.75, 3.05) is 26.2 Å². The van der Waals surface area contributed by atoms with Crippen molar-refractivity contribution in [3.63, 3.8) is 0 Å². The van der Waals surface area contributed by atoms with Gasteiger partial charge in [0, 0.05) is 37.1 Å². The van der Waals surface area contributed by atoms with Crippen molar-refractivity contribution in [3.8, 4) is 5.75 Å². The third-order valence-electron chi connectivity index (χ3n) is 5.26. The number of carbonyl (C=O) groups is 1. The van der Waals surface area contributed by atoms with Crippen LogP contribution in [-0.4, -0.2) is 51.8 Å². The van der Waals surface area contributed by atoms with Crippen molar-refractivity contribution in [3.05, 3.63) is 40.9 Å². The van der Waals surface area contributed by atoms with Crippen LogP contribution in [0.1, 0.15) is 36.8 Å². The molecule has 0 unspecified atom stereocenters. The van der Waals surface area contributed by atoms with Gasteiger partial charge in [-0.05, 0) is 37.1 Å². The molecule has 8 heteroatoms. The molecule has 1 amide bonds. The summed E-state index contributed by atoms with van der Waals surface area (Å²) in [4.78, 5) is 14.4. The van der Waals surface area contributed by atoms with E-state index in [-0.39, 0.29) is 5.91 Å². The van der Waals surface area contributed by atoms with Gasteiger partial charge in [-0.2, -0.15) is 0 Å². The smallest absolute Gasteiger partial charge is 0.225 e. The van der Waals surface area contributed by atoms with Gasteiger partial charge in [0.1, 0.15) is 17.4 Å². The highest BCUT2D eigenvalue weighted by atomic mass is 35.5. The van der Waals surface area contributed by atoms with Crippen molar-refractivity contribution in [2.45, 2.75) is 38.3 Å². The van der Waals surface area contributed by atoms with Crippen LogP contribution < -0.4 is 10.1 Å². The van der Waals surface area contributed by atoms with Crippen molar-refractivity contribution in [1.29, 1.82) is 0 Å². The first kappa shape index (κ1) is 18.3. The first-order valence-electron chi connectivity index (χ1n) is 9.49. The Bertz CT molecular complexity index is 784. The van der Waals surface area contributed by atoms with E-state index in [1.807, 2.05) is 17.0 Å². The number of hydrogen-bond donors (Lipinski definition) is 1. The number of piperidine rings is 1. The zero-order valence-corrected chi connectivity index (χ0v) is 16.0. The van der Waals surface area contributed by atoms with Crippen LogP contribution in [0.4, 0.5) is 0 Å². The Balaban J connectivity index is 1.24. The molecule has 144 valence electrons. The molecule has 0 aliphatic carbocycles. The van der Waals surface area contributed by atoms with Gasteiger partial charge >= 0.3 is 0 Å². The van der Waals surface area contributed by atoms with Crippen LogP contribution in [0.15, 0.2) is 24.3 Å². The van der Waals surface area contributed by atoms with Gasteiger partial charge in [-0.1, -0.05) is 11.6 Å². The topological polar surface area (TPSA) is 72.3 Å². The third kappa shape index (κ3) is 4.25. The summed E-state index contributed by atoms with van der Waals surface area (Å²) in [6.07, 6.45) is 2.27. The Kier molecular flexibility index (Phi) is 5.59. The number of nitrogens with zero attached hydrogens (tertiary/aromatic N) is 4. The molecule has 1 aromatic heterocycles. The van der Waals surface area contributed by atoms with Gasteiger partial charge in [0.05, 0.1) is 19.6 Å². The molecule has 0 atom stereocenters. The molecular formula is C19H24ClN5O2. The molecule has 2 aliphatic rings. The average molecular weight is 390 g/mol. The summed E-state index contributed by atoms with van der Waals surface area (Å²) in [6, 6.07) is 7.19. The van der Waals surface area contributed by atoms with Gasteiger partial charge in [0.2, 0.25) is 5.91 Å². The second-order valence-corrected chi connectivity index (χ2v) is 7.45. The number of benzene rings is 1. The second kappa shape index (κ2) is 8.27. The standard InChI is InChI=1S/C19H24ClN5O2/c20-15-1-3-16(4-2-15)27-12-7-18(26)24-9-5-14(6-10-24)19-23-22-17-13-21-8-11-25(17)19/h1-4,14,21H,5-13H2. The first-order chi connectivity index (χ1) is 13.2. The van der Waals surface area contributed by atoms with E-state index in [9.17, 15) is 4.79 Å². The van der Waals surface area contributed by atoms with E-state index in [1.54, 1.807) is 12.1 Å². The zero-order chi connectivity index (χ0) is 18.6. The maximum absolute atomic E-state index is 12.5. The van der Waals surface area contributed by atoms with Crippen LogP contribution >= 0.6 is 11.6 Å². The lowest BCUT2D eigenvalue weighted by Gasteiger charge is -2.32. The summed E-state index contributed by atoms with van der Waals surface area (Å²) < 4.78 is 7.88. The van der Waals surface area contributed by atoms with Gasteiger partial charge in [-0.3, -0.25) is 4.79 Å². The van der Waals surface area contributed by atoms with E-state index < -0.39 is 0 Å². The van der Waals surface area contributed by atoms with E-state index in [2.05, 4.69) is 20.1 Å². The van der Waals surface area contributed by atoms with Crippen molar-refractivity contribution < 1.29 is 9.53 Å². The lowest BCUT2D eigenvalue weighted by molar-refractivity contribution is -0.132. The predicted octanol–water partition coefficient (Wildman–Crippen LogP) is 2.21. The SMILES string of the molecule is O=C(CCOc1ccc(Cl)cc1)N1CCC(c2nnc3n2CCNC3)CC1. The van der Waals surface area contributed by atoms with Crippen LogP contribution in [0.5, 0.6) is 5.75 Å². The molecular weight excluding hydrogens is 366 g/mol. The quantitative estimate of drug-likeness (QED) is 0.848. The molecule has 0 bridgehead atoms. The summed E-state index contributed by atoms with van der Waals surface area (Å²) in [6.45, 7) is 4.60. The van der Waals surface area contributed by atoms with Crippen molar-refractivity contribution in [2.24, 2.45) is 0 Å². The van der Waals surface area contributed by atoms with E-state index in [1.165, 1.54) is 0 Å². The summed E-state index contributed by atoms with van der Waals surface area (Å²) >= 11 is 5.86. The normalized spacial score (nSPS) is 17.6. The lowest BCUT2D eigenvalue weighted by atomic mass is 9.95. The minimum Gasteiger partial charge on any atom is -0.493 e. The Hall–Kier alpha value is -2.12. The highest BCUT2D eigenvalue weighted by Gasteiger charge is 2.28. The van der Waals surface area contributed by atoms with Crippen molar-refractivity contribution >= 4 is 17.5 Å². The molecule has 2 aliphatic heterocycles. The van der Waals surface area contributed by atoms with Crippen molar-refractivity contribution in [1.82, 2.24) is 25.0 Å². The Morgan fingerprint density at radius 1 is 1.19 bits per heavy atom. The molecule has 1 N–H and O–H groups in total. The number of rotatable bonds is 5. The Morgan fingerprint density at radius 2 is 1.96 bits per heavy atom. The molecule has 27 heavy (non-hydrogen) atoms. The molecule has 1 saturated heterocycles. The fourth-order valence-corrected chi connectivity index (χ4v) is 3.87. The van der Waals surface area contributed by atoms with E-state index in [4.69, 9.17) is 16.3 Å². The number of amides is 1. The number of fused-ring (bicyclic) bond motifs is 1. The number of aromatic nitrogens is 3. The van der Waals surface area contributed by atoms with Crippen LogP contribution in [-0.2, 0) is 17.9 Å². The monoisotopic (exact) mass is 389 g/mol. The number of halogens is 1. The van der Waals surface area contributed by atoms with Gasteiger partial charge in [0.25, 0.3) is 0 Å². The fourth-order valence-electron chi connectivity index (χ4n) is 3.75. The zero-order valence-electron chi connectivity index (χ0n) is 15.2. The molecule has 0 radical (unpaired) electrons. The maximum Gasteiger partial charge on any atom is 0.225 e. The molecule has 1 fully saturated rings. The first-order valence-corrected chi connectivity index (χ1v) is 9.87. The molecule has 0 saturated carbocycles. The molecule has 2 aromatic rings. The Labute approximate surface area is 163 Å². The van der Waals surface area contributed by atoms with Gasteiger partial charge in [-0.15, -0.1) is 10.2 Å². The van der Waals surface area contributed by atoms with Crippen LogP contribution in [0.3, 0.4) is 0 Å². The van der Waals surface area contributed by atoms with Gasteiger partial charge in [0.15, 0.2) is 0 Å². The fraction of sp³-hybridized carbons (Fsp3) is 0.526. The third-order valence-corrected chi connectivity index (χ3v) is 5.51. The number of ether oxygens (including phenoxy) is 1. The lowest BCUT2D eigenvalue weighted by Crippen LogP contribution is -2.39. The van der Waals surface area contributed by atoms with Crippen LogP contribution in [0.2, 0.25) is 5.02 Å². The highest BCUT2D eigenvalue weighted by molar-refractivity contribution is 6.30. The van der Waals surface area contributed by atoms with Crippen LogP contribution in [0.25, 0.3) is 0 Å². The highest BCUT2D eigenvalue weighted by Crippen LogP contribution is 2.28. The Morgan fingerprint density at radius 3 is 2.74 bits per heavy atom. The predicted molar refractivity (Wildman–Crippen MR) is 102 cm³/mol. The number of likely N-dealkylation sites (tertiary alicyclic amines) is 1. The summed E-state index contributed by atoms with van der Waals surface area (Å²) in [5.41, 5.74) is 0. The molecule has 0 spiro atoms. The summed E-state index contributed by atoms with van der Waals surface area (Å²) in [5, 5.41) is 12.7. The minimum absolute atomic E-state index is 0.148. The van der Waals surface area contributed by atoms with E-state index >= 15 is 0 Å². The largest absolute Gasteiger partial charge is 0.493 e. The molecule has 3 heterocycles. The van der Waals surface area contributed by atoms with Gasteiger partial charge in [-0.25, -0.2) is 0 Å². The average Bonchev–Trinajstić information content (AvgIpc) is 3.14. The summed E-state index contributed by atoms with van der Waals surface area (Å²) in [7, 11) is 0.